The van der Waals surface area contributed by atoms with Crippen molar-refractivity contribution >= 4 is 27.0 Å². The van der Waals surface area contributed by atoms with Gasteiger partial charge >= 0.3 is 0 Å². The standard InChI is InChI=1S/C22H23NO6S2/c1-4-29-16-6-5-7-17(13-16)31(25,26)21-14-23-22(30-21)18(24)10-8-15-9-11-19(27-2)20(12-15)28-3/h5-7,9,11-14H,4,8,10H2,1-3H3. The van der Waals surface area contributed by atoms with Crippen LogP contribution in [0, 0.1) is 0 Å². The monoisotopic (exact) mass is 461 g/mol. The molecule has 0 aliphatic heterocycles. The number of carbonyl (C=O) groups is 1. The molecule has 0 amide bonds. The number of Topliss-reactive ketones (excluding diaryl/α,β-unsaturated/α-hetero) is 1. The van der Waals surface area contributed by atoms with E-state index in [4.69, 9.17) is 14.2 Å². The van der Waals surface area contributed by atoms with Gasteiger partial charge in [-0.05, 0) is 49.2 Å². The summed E-state index contributed by atoms with van der Waals surface area (Å²) < 4.78 is 41.7. The normalized spacial score (nSPS) is 11.2. The molecule has 0 N–H and O–H groups in total. The van der Waals surface area contributed by atoms with Crippen LogP contribution in [0.4, 0.5) is 0 Å². The Balaban J connectivity index is 1.73. The third-order valence-corrected chi connectivity index (χ3v) is 7.75. The van der Waals surface area contributed by atoms with Crippen molar-refractivity contribution in [3.63, 3.8) is 0 Å². The first kappa shape index (κ1) is 22.8. The van der Waals surface area contributed by atoms with Gasteiger partial charge in [0.25, 0.3) is 0 Å². The minimum absolute atomic E-state index is 0.0237. The Bertz CT molecular complexity index is 1170. The SMILES string of the molecule is CCOc1cccc(S(=O)(=O)c2cnc(C(=O)CCc3ccc(OC)c(OC)c3)s2)c1. The van der Waals surface area contributed by atoms with Gasteiger partial charge in [-0.1, -0.05) is 23.5 Å². The zero-order chi connectivity index (χ0) is 22.4. The van der Waals surface area contributed by atoms with Crippen LogP contribution >= 0.6 is 11.3 Å². The third-order valence-electron chi connectivity index (χ3n) is 4.50. The summed E-state index contributed by atoms with van der Waals surface area (Å²) in [6, 6.07) is 11.7. The number of hydrogen-bond acceptors (Lipinski definition) is 8. The minimum atomic E-state index is -3.78. The summed E-state index contributed by atoms with van der Waals surface area (Å²) in [5.41, 5.74) is 0.906. The van der Waals surface area contributed by atoms with Crippen LogP contribution in [0.15, 0.2) is 57.8 Å². The highest BCUT2D eigenvalue weighted by Gasteiger charge is 2.23. The van der Waals surface area contributed by atoms with Gasteiger partial charge in [-0.3, -0.25) is 4.79 Å². The summed E-state index contributed by atoms with van der Waals surface area (Å²) in [5.74, 6) is 1.45. The van der Waals surface area contributed by atoms with E-state index in [-0.39, 0.29) is 26.3 Å². The quantitative estimate of drug-likeness (QED) is 0.418. The molecular formula is C22H23NO6S2. The molecule has 1 heterocycles. The van der Waals surface area contributed by atoms with Crippen molar-refractivity contribution in [1.29, 1.82) is 0 Å². The van der Waals surface area contributed by atoms with E-state index < -0.39 is 9.84 Å². The molecule has 0 bridgehead atoms. The average Bonchev–Trinajstić information content (AvgIpc) is 3.29. The summed E-state index contributed by atoms with van der Waals surface area (Å²) in [4.78, 5) is 16.7. The zero-order valence-corrected chi connectivity index (χ0v) is 19.1. The Morgan fingerprint density at radius 2 is 1.84 bits per heavy atom. The molecule has 2 aromatic carbocycles. The van der Waals surface area contributed by atoms with Gasteiger partial charge < -0.3 is 14.2 Å². The molecule has 7 nitrogen and oxygen atoms in total. The number of ketones is 1. The van der Waals surface area contributed by atoms with E-state index >= 15 is 0 Å². The lowest BCUT2D eigenvalue weighted by Crippen LogP contribution is -2.01. The summed E-state index contributed by atoms with van der Waals surface area (Å²) in [5, 5.41) is 0.167. The van der Waals surface area contributed by atoms with E-state index in [9.17, 15) is 13.2 Å². The van der Waals surface area contributed by atoms with Gasteiger partial charge in [0.05, 0.1) is 31.9 Å². The van der Waals surface area contributed by atoms with Gasteiger partial charge in [0.2, 0.25) is 9.84 Å². The van der Waals surface area contributed by atoms with Crippen molar-refractivity contribution < 1.29 is 27.4 Å². The third kappa shape index (κ3) is 5.23. The molecule has 164 valence electrons. The fraction of sp³-hybridized carbons (Fsp3) is 0.273. The Morgan fingerprint density at radius 1 is 1.06 bits per heavy atom. The number of ether oxygens (including phenoxy) is 3. The number of aryl methyl sites for hydroxylation is 1. The lowest BCUT2D eigenvalue weighted by atomic mass is 10.1. The molecule has 0 spiro atoms. The van der Waals surface area contributed by atoms with Crippen molar-refractivity contribution in [3.8, 4) is 17.2 Å². The Hall–Kier alpha value is -2.91. The molecule has 0 saturated heterocycles. The highest BCUT2D eigenvalue weighted by Crippen LogP contribution is 2.30. The van der Waals surface area contributed by atoms with Crippen LogP contribution < -0.4 is 14.2 Å². The van der Waals surface area contributed by atoms with E-state index in [1.54, 1.807) is 32.4 Å². The van der Waals surface area contributed by atoms with E-state index in [0.717, 1.165) is 16.9 Å². The lowest BCUT2D eigenvalue weighted by Gasteiger charge is -2.09. The second-order valence-electron chi connectivity index (χ2n) is 6.51. The fourth-order valence-corrected chi connectivity index (χ4v) is 5.46. The molecule has 9 heteroatoms. The summed E-state index contributed by atoms with van der Waals surface area (Å²) in [6.07, 6.45) is 1.90. The molecule has 0 radical (unpaired) electrons. The van der Waals surface area contributed by atoms with Crippen LogP contribution in [-0.2, 0) is 16.3 Å². The largest absolute Gasteiger partial charge is 0.494 e. The molecular weight excluding hydrogens is 438 g/mol. The molecule has 3 rings (SSSR count). The lowest BCUT2D eigenvalue weighted by molar-refractivity contribution is 0.0982. The van der Waals surface area contributed by atoms with Crippen molar-refractivity contribution in [2.24, 2.45) is 0 Å². The number of methoxy groups -OCH3 is 2. The minimum Gasteiger partial charge on any atom is -0.494 e. The average molecular weight is 462 g/mol. The van der Waals surface area contributed by atoms with Gasteiger partial charge in [-0.2, -0.15) is 0 Å². The smallest absolute Gasteiger partial charge is 0.217 e. The molecule has 0 aliphatic rings. The number of nitrogens with zero attached hydrogens (tertiary/aromatic N) is 1. The number of sulfone groups is 1. The van der Waals surface area contributed by atoms with Crippen molar-refractivity contribution in [2.75, 3.05) is 20.8 Å². The van der Waals surface area contributed by atoms with Gasteiger partial charge in [0.1, 0.15) is 9.96 Å². The molecule has 0 aliphatic carbocycles. The topological polar surface area (TPSA) is 91.8 Å². The van der Waals surface area contributed by atoms with Crippen molar-refractivity contribution in [1.82, 2.24) is 4.98 Å². The Kier molecular flexibility index (Phi) is 7.29. The molecule has 0 fully saturated rings. The van der Waals surface area contributed by atoms with Crippen molar-refractivity contribution in [2.45, 2.75) is 28.9 Å². The van der Waals surface area contributed by atoms with Gasteiger partial charge in [-0.25, -0.2) is 13.4 Å². The first-order valence-corrected chi connectivity index (χ1v) is 11.9. The summed E-state index contributed by atoms with van der Waals surface area (Å²) >= 11 is 0.877. The number of rotatable bonds is 10. The number of aromatic nitrogens is 1. The number of thiazole rings is 1. The second kappa shape index (κ2) is 9.93. The van der Waals surface area contributed by atoms with Crippen LogP contribution in [0.2, 0.25) is 0 Å². The highest BCUT2D eigenvalue weighted by molar-refractivity contribution is 7.93. The van der Waals surface area contributed by atoms with Gasteiger partial charge in [0.15, 0.2) is 22.3 Å². The predicted molar refractivity (Wildman–Crippen MR) is 117 cm³/mol. The molecule has 1 aromatic heterocycles. The molecule has 0 atom stereocenters. The fourth-order valence-electron chi connectivity index (χ4n) is 2.93. The van der Waals surface area contributed by atoms with Gasteiger partial charge in [0, 0.05) is 6.42 Å². The number of benzene rings is 2. The maximum absolute atomic E-state index is 12.9. The van der Waals surface area contributed by atoms with E-state index in [1.807, 2.05) is 19.1 Å². The molecule has 0 saturated carbocycles. The Labute approximate surface area is 185 Å². The summed E-state index contributed by atoms with van der Waals surface area (Å²) in [7, 11) is -0.675. The second-order valence-corrected chi connectivity index (χ2v) is 9.72. The van der Waals surface area contributed by atoms with Crippen LogP contribution in [0.1, 0.15) is 28.7 Å². The maximum atomic E-state index is 12.9. The van der Waals surface area contributed by atoms with Crippen LogP contribution in [0.25, 0.3) is 0 Å². The van der Waals surface area contributed by atoms with Gasteiger partial charge in [-0.15, -0.1) is 0 Å². The first-order valence-electron chi connectivity index (χ1n) is 9.57. The van der Waals surface area contributed by atoms with E-state index in [0.29, 0.717) is 30.3 Å². The van der Waals surface area contributed by atoms with E-state index in [2.05, 4.69) is 4.98 Å². The molecule has 0 unspecified atom stereocenters. The molecule has 3 aromatic rings. The number of carbonyl (C=O) groups excluding carboxylic acids is 1. The maximum Gasteiger partial charge on any atom is 0.217 e. The number of hydrogen-bond donors (Lipinski definition) is 0. The van der Waals surface area contributed by atoms with Crippen molar-refractivity contribution in [3.05, 3.63) is 59.2 Å². The summed E-state index contributed by atoms with van der Waals surface area (Å²) in [6.45, 7) is 2.26. The zero-order valence-electron chi connectivity index (χ0n) is 17.5. The van der Waals surface area contributed by atoms with Crippen LogP contribution in [-0.4, -0.2) is 40.0 Å². The van der Waals surface area contributed by atoms with E-state index in [1.165, 1.54) is 18.3 Å². The highest BCUT2D eigenvalue weighted by atomic mass is 32.2. The Morgan fingerprint density at radius 3 is 2.55 bits per heavy atom. The first-order chi connectivity index (χ1) is 14.9. The predicted octanol–water partition coefficient (Wildman–Crippen LogP) is 4.21. The molecule has 31 heavy (non-hydrogen) atoms. The van der Waals surface area contributed by atoms with Crippen LogP contribution in [0.5, 0.6) is 17.2 Å². The van der Waals surface area contributed by atoms with Crippen LogP contribution in [0.3, 0.4) is 0 Å².